The van der Waals surface area contributed by atoms with Crippen LogP contribution in [0.3, 0.4) is 0 Å². The minimum absolute atomic E-state index is 0.0282. The Morgan fingerprint density at radius 3 is 2.31 bits per heavy atom. The maximum Gasteiger partial charge on any atom is 0.407 e. The monoisotopic (exact) mass is 364 g/mol. The Morgan fingerprint density at radius 2 is 1.77 bits per heavy atom. The van der Waals surface area contributed by atoms with E-state index in [1.807, 2.05) is 13.8 Å². The van der Waals surface area contributed by atoms with Crippen molar-refractivity contribution in [2.24, 2.45) is 5.92 Å². The van der Waals surface area contributed by atoms with Crippen LogP contribution in [0.5, 0.6) is 5.75 Å². The molecule has 1 aromatic carbocycles. The van der Waals surface area contributed by atoms with Crippen LogP contribution in [0.25, 0.3) is 0 Å². The van der Waals surface area contributed by atoms with Gasteiger partial charge in [-0.15, -0.1) is 0 Å². The van der Waals surface area contributed by atoms with Crippen molar-refractivity contribution >= 4 is 17.8 Å². The molecule has 7 nitrogen and oxygen atoms in total. The number of ether oxygens (including phenoxy) is 2. The maximum absolute atomic E-state index is 12.0. The third kappa shape index (κ3) is 8.50. The molecule has 0 saturated heterocycles. The van der Waals surface area contributed by atoms with Crippen LogP contribution in [0, 0.1) is 5.92 Å². The molecule has 7 heteroatoms. The van der Waals surface area contributed by atoms with Gasteiger partial charge in [-0.2, -0.15) is 0 Å². The molecule has 0 aromatic heterocycles. The molecule has 1 rings (SSSR count). The number of nitrogens with one attached hydrogen (secondary N) is 2. The van der Waals surface area contributed by atoms with E-state index in [1.165, 1.54) is 6.92 Å². The predicted molar refractivity (Wildman–Crippen MR) is 98.4 cm³/mol. The van der Waals surface area contributed by atoms with Gasteiger partial charge in [-0.3, -0.25) is 9.59 Å². The number of benzene rings is 1. The highest BCUT2D eigenvalue weighted by Crippen LogP contribution is 2.12. The number of carbonyl (C=O) groups is 3. The fraction of sp³-hybridized carbons (Fsp3) is 0.526. The van der Waals surface area contributed by atoms with Gasteiger partial charge in [0.2, 0.25) is 0 Å². The summed E-state index contributed by atoms with van der Waals surface area (Å²) in [5.74, 6) is 0.544. The van der Waals surface area contributed by atoms with Gasteiger partial charge in [0.25, 0.3) is 5.91 Å². The summed E-state index contributed by atoms with van der Waals surface area (Å²) in [6.07, 6.45) is 0.223. The van der Waals surface area contributed by atoms with Crippen molar-refractivity contribution in [1.82, 2.24) is 10.6 Å². The van der Waals surface area contributed by atoms with Crippen LogP contribution in [0.15, 0.2) is 24.3 Å². The average Bonchev–Trinajstić information content (AvgIpc) is 2.58. The van der Waals surface area contributed by atoms with E-state index in [4.69, 9.17) is 9.47 Å². The molecule has 0 fully saturated rings. The smallest absolute Gasteiger partial charge is 0.407 e. The molecule has 2 N–H and O–H groups in total. The SMILES string of the molecule is CCOC(=O)NC(CNC(=O)COc1ccc(C(C)=O)cc1)CC(C)C. The van der Waals surface area contributed by atoms with Crippen LogP contribution >= 0.6 is 0 Å². The van der Waals surface area contributed by atoms with Gasteiger partial charge in [-0.25, -0.2) is 4.79 Å². The second-order valence-corrected chi connectivity index (χ2v) is 6.36. The lowest BCUT2D eigenvalue weighted by Crippen LogP contribution is -2.45. The first-order chi connectivity index (χ1) is 12.3. The van der Waals surface area contributed by atoms with Crippen molar-refractivity contribution in [1.29, 1.82) is 0 Å². The standard InChI is InChI=1S/C19H28N2O5/c1-5-25-19(24)21-16(10-13(2)3)11-20-18(23)12-26-17-8-6-15(7-9-17)14(4)22/h6-9,13,16H,5,10-12H2,1-4H3,(H,20,23)(H,21,24). The zero-order valence-electron chi connectivity index (χ0n) is 15.8. The van der Waals surface area contributed by atoms with Crippen molar-refractivity contribution in [2.45, 2.75) is 40.2 Å². The molecule has 0 bridgehead atoms. The summed E-state index contributed by atoms with van der Waals surface area (Å²) >= 11 is 0. The minimum Gasteiger partial charge on any atom is -0.484 e. The van der Waals surface area contributed by atoms with Crippen LogP contribution in [0.2, 0.25) is 0 Å². The maximum atomic E-state index is 12.0. The van der Waals surface area contributed by atoms with Crippen LogP contribution in [-0.4, -0.2) is 43.6 Å². The first kappa shape index (κ1) is 21.5. The Bertz CT molecular complexity index is 598. The van der Waals surface area contributed by atoms with Crippen molar-refractivity contribution in [2.75, 3.05) is 19.8 Å². The minimum atomic E-state index is -0.491. The summed E-state index contributed by atoms with van der Waals surface area (Å²) in [6, 6.07) is 6.38. The van der Waals surface area contributed by atoms with Crippen molar-refractivity contribution in [3.8, 4) is 5.75 Å². The molecule has 0 aliphatic heterocycles. The first-order valence-electron chi connectivity index (χ1n) is 8.75. The number of hydrogen-bond donors (Lipinski definition) is 2. The third-order valence-electron chi connectivity index (χ3n) is 3.53. The fourth-order valence-corrected chi connectivity index (χ4v) is 2.32. The number of amides is 2. The molecule has 2 amide bonds. The average molecular weight is 364 g/mol. The number of rotatable bonds is 10. The van der Waals surface area contributed by atoms with Gasteiger partial charge >= 0.3 is 6.09 Å². The topological polar surface area (TPSA) is 93.7 Å². The Balaban J connectivity index is 2.43. The second kappa shape index (κ2) is 11.1. The number of alkyl carbamates (subject to hydrolysis) is 1. The Hall–Kier alpha value is -2.57. The van der Waals surface area contributed by atoms with Crippen LogP contribution in [0.4, 0.5) is 4.79 Å². The van der Waals surface area contributed by atoms with Crippen LogP contribution in [-0.2, 0) is 9.53 Å². The number of Topliss-reactive ketones (excluding diaryl/α,β-unsaturated/α-hetero) is 1. The second-order valence-electron chi connectivity index (χ2n) is 6.36. The number of hydrogen-bond acceptors (Lipinski definition) is 5. The molecule has 0 aliphatic carbocycles. The van der Waals surface area contributed by atoms with Gasteiger partial charge in [0.15, 0.2) is 12.4 Å². The van der Waals surface area contributed by atoms with E-state index in [0.29, 0.717) is 36.8 Å². The highest BCUT2D eigenvalue weighted by molar-refractivity contribution is 5.94. The summed E-state index contributed by atoms with van der Waals surface area (Å²) in [5, 5.41) is 5.49. The zero-order chi connectivity index (χ0) is 19.5. The van der Waals surface area contributed by atoms with E-state index in [2.05, 4.69) is 10.6 Å². The molecule has 26 heavy (non-hydrogen) atoms. The van der Waals surface area contributed by atoms with Gasteiger partial charge in [-0.1, -0.05) is 13.8 Å². The molecule has 1 unspecified atom stereocenters. The summed E-state index contributed by atoms with van der Waals surface area (Å²) < 4.78 is 10.3. The van der Waals surface area contributed by atoms with Crippen molar-refractivity contribution in [3.63, 3.8) is 0 Å². The van der Waals surface area contributed by atoms with Crippen molar-refractivity contribution < 1.29 is 23.9 Å². The van der Waals surface area contributed by atoms with E-state index in [0.717, 1.165) is 0 Å². The molecule has 0 saturated carbocycles. The lowest BCUT2D eigenvalue weighted by molar-refractivity contribution is -0.123. The summed E-state index contributed by atoms with van der Waals surface area (Å²) in [6.45, 7) is 7.74. The van der Waals surface area contributed by atoms with Gasteiger partial charge in [0, 0.05) is 18.2 Å². The van der Waals surface area contributed by atoms with Gasteiger partial charge in [0.05, 0.1) is 6.61 Å². The van der Waals surface area contributed by atoms with E-state index in [1.54, 1.807) is 31.2 Å². The predicted octanol–water partition coefficient (Wildman–Crippen LogP) is 2.54. The molecule has 0 spiro atoms. The van der Waals surface area contributed by atoms with Gasteiger partial charge in [-0.05, 0) is 50.5 Å². The lowest BCUT2D eigenvalue weighted by Gasteiger charge is -2.20. The fourth-order valence-electron chi connectivity index (χ4n) is 2.32. The molecule has 0 heterocycles. The number of carbonyl (C=O) groups excluding carboxylic acids is 3. The summed E-state index contributed by atoms with van der Waals surface area (Å²) in [5.41, 5.74) is 0.586. The molecule has 1 atom stereocenters. The Morgan fingerprint density at radius 1 is 1.12 bits per heavy atom. The normalized spacial score (nSPS) is 11.6. The third-order valence-corrected chi connectivity index (χ3v) is 3.53. The van der Waals surface area contributed by atoms with E-state index in [-0.39, 0.29) is 24.3 Å². The highest BCUT2D eigenvalue weighted by Gasteiger charge is 2.16. The molecule has 0 aliphatic rings. The van der Waals surface area contributed by atoms with Gasteiger partial charge in [0.1, 0.15) is 5.75 Å². The Kier molecular flexibility index (Phi) is 9.19. The van der Waals surface area contributed by atoms with E-state index < -0.39 is 6.09 Å². The molecule has 1 aromatic rings. The highest BCUT2D eigenvalue weighted by atomic mass is 16.5. The first-order valence-corrected chi connectivity index (χ1v) is 8.75. The Labute approximate surface area is 154 Å². The van der Waals surface area contributed by atoms with Crippen LogP contribution in [0.1, 0.15) is 44.5 Å². The summed E-state index contributed by atoms with van der Waals surface area (Å²) in [4.78, 5) is 34.8. The van der Waals surface area contributed by atoms with E-state index in [9.17, 15) is 14.4 Å². The van der Waals surface area contributed by atoms with E-state index >= 15 is 0 Å². The molecular formula is C19H28N2O5. The number of ketones is 1. The van der Waals surface area contributed by atoms with Gasteiger partial charge < -0.3 is 20.1 Å². The molecular weight excluding hydrogens is 336 g/mol. The lowest BCUT2D eigenvalue weighted by atomic mass is 10.0. The quantitative estimate of drug-likeness (QED) is 0.622. The summed E-state index contributed by atoms with van der Waals surface area (Å²) in [7, 11) is 0. The molecule has 144 valence electrons. The largest absolute Gasteiger partial charge is 0.484 e. The zero-order valence-corrected chi connectivity index (χ0v) is 15.8. The molecule has 0 radical (unpaired) electrons. The van der Waals surface area contributed by atoms with Crippen LogP contribution < -0.4 is 15.4 Å². The van der Waals surface area contributed by atoms with Crippen molar-refractivity contribution in [3.05, 3.63) is 29.8 Å².